The van der Waals surface area contributed by atoms with Crippen molar-refractivity contribution in [1.82, 2.24) is 5.32 Å². The molecule has 1 aliphatic heterocycles. The lowest BCUT2D eigenvalue weighted by molar-refractivity contribution is -0.147. The number of carbonyl (C=O) groups is 3. The Labute approximate surface area is 150 Å². The molecule has 1 aromatic carbocycles. The van der Waals surface area contributed by atoms with E-state index in [0.717, 1.165) is 17.7 Å². The van der Waals surface area contributed by atoms with Gasteiger partial charge in [-0.25, -0.2) is 0 Å². The standard InChI is InChI=1S/C19H20N2O5/c1-13-11-14-5-2-3-6-15(14)21(13)17(22)12-26-18(23)8-9-20-19(24)16-7-4-10-25-16/h2-7,10,13H,8-9,11-12H2,1H3,(H,20,24)/t13-/m1/s1. The van der Waals surface area contributed by atoms with E-state index in [9.17, 15) is 14.4 Å². The van der Waals surface area contributed by atoms with Crippen LogP contribution in [0.1, 0.15) is 29.5 Å². The minimum atomic E-state index is -0.543. The molecule has 2 amide bonds. The quantitative estimate of drug-likeness (QED) is 0.799. The molecule has 0 saturated heterocycles. The van der Waals surface area contributed by atoms with Crippen LogP contribution in [0, 0.1) is 0 Å². The van der Waals surface area contributed by atoms with Crippen LogP contribution in [0.2, 0.25) is 0 Å². The van der Waals surface area contributed by atoms with Crippen molar-refractivity contribution in [3.63, 3.8) is 0 Å². The molecule has 2 aromatic rings. The van der Waals surface area contributed by atoms with Crippen LogP contribution >= 0.6 is 0 Å². The lowest BCUT2D eigenvalue weighted by Gasteiger charge is -2.22. The highest BCUT2D eigenvalue weighted by Gasteiger charge is 2.30. The van der Waals surface area contributed by atoms with Crippen molar-refractivity contribution in [2.24, 2.45) is 0 Å². The first kappa shape index (κ1) is 17.7. The topological polar surface area (TPSA) is 88.9 Å². The van der Waals surface area contributed by atoms with E-state index in [2.05, 4.69) is 5.32 Å². The maximum atomic E-state index is 12.4. The van der Waals surface area contributed by atoms with E-state index in [1.165, 1.54) is 12.3 Å². The van der Waals surface area contributed by atoms with Crippen LogP contribution in [0.5, 0.6) is 0 Å². The van der Waals surface area contributed by atoms with Crippen molar-refractivity contribution < 1.29 is 23.5 Å². The number of rotatable bonds is 6. The Kier molecular flexibility index (Phi) is 5.36. The van der Waals surface area contributed by atoms with Crippen molar-refractivity contribution in [3.05, 3.63) is 54.0 Å². The van der Waals surface area contributed by atoms with Gasteiger partial charge in [-0.15, -0.1) is 0 Å². The number of nitrogens with one attached hydrogen (secondary N) is 1. The highest BCUT2D eigenvalue weighted by molar-refractivity contribution is 5.97. The average molecular weight is 356 g/mol. The second-order valence-electron chi connectivity index (χ2n) is 6.09. The van der Waals surface area contributed by atoms with Gasteiger partial charge in [0.25, 0.3) is 11.8 Å². The van der Waals surface area contributed by atoms with Gasteiger partial charge in [0.15, 0.2) is 12.4 Å². The van der Waals surface area contributed by atoms with E-state index in [4.69, 9.17) is 9.15 Å². The molecular formula is C19H20N2O5. The van der Waals surface area contributed by atoms with Crippen LogP contribution in [0.4, 0.5) is 5.69 Å². The summed E-state index contributed by atoms with van der Waals surface area (Å²) in [6, 6.07) is 10.9. The van der Waals surface area contributed by atoms with E-state index in [0.29, 0.717) is 0 Å². The molecule has 26 heavy (non-hydrogen) atoms. The number of hydrogen-bond donors (Lipinski definition) is 1. The Morgan fingerprint density at radius 1 is 1.23 bits per heavy atom. The fourth-order valence-corrected chi connectivity index (χ4v) is 3.00. The Morgan fingerprint density at radius 3 is 2.81 bits per heavy atom. The van der Waals surface area contributed by atoms with Crippen molar-refractivity contribution >= 4 is 23.5 Å². The molecule has 1 aromatic heterocycles. The summed E-state index contributed by atoms with van der Waals surface area (Å²) in [6.45, 7) is 1.75. The van der Waals surface area contributed by atoms with E-state index in [1.807, 2.05) is 31.2 Å². The van der Waals surface area contributed by atoms with E-state index in [-0.39, 0.29) is 37.3 Å². The predicted molar refractivity (Wildman–Crippen MR) is 93.7 cm³/mol. The van der Waals surface area contributed by atoms with Crippen LogP contribution in [0.3, 0.4) is 0 Å². The van der Waals surface area contributed by atoms with Crippen molar-refractivity contribution in [2.45, 2.75) is 25.8 Å². The van der Waals surface area contributed by atoms with Gasteiger partial charge >= 0.3 is 5.97 Å². The molecule has 3 rings (SSSR count). The molecule has 7 heteroatoms. The van der Waals surface area contributed by atoms with Crippen LogP contribution in [0.15, 0.2) is 47.1 Å². The zero-order valence-corrected chi connectivity index (χ0v) is 14.4. The van der Waals surface area contributed by atoms with E-state index >= 15 is 0 Å². The molecular weight excluding hydrogens is 336 g/mol. The number of ether oxygens (including phenoxy) is 1. The van der Waals surface area contributed by atoms with Crippen LogP contribution < -0.4 is 10.2 Å². The average Bonchev–Trinajstić information content (AvgIpc) is 3.26. The number of amides is 2. The Balaban J connectivity index is 1.43. The third kappa shape index (κ3) is 3.93. The predicted octanol–water partition coefficient (Wildman–Crippen LogP) is 1.92. The molecule has 2 heterocycles. The van der Waals surface area contributed by atoms with E-state index < -0.39 is 11.9 Å². The number of furan rings is 1. The molecule has 0 fully saturated rings. The van der Waals surface area contributed by atoms with Crippen LogP contribution in [-0.4, -0.2) is 37.0 Å². The van der Waals surface area contributed by atoms with Crippen molar-refractivity contribution in [2.75, 3.05) is 18.1 Å². The van der Waals surface area contributed by atoms with Gasteiger partial charge in [0.1, 0.15) is 0 Å². The third-order valence-corrected chi connectivity index (χ3v) is 4.19. The summed E-state index contributed by atoms with van der Waals surface area (Å²) in [7, 11) is 0. The largest absolute Gasteiger partial charge is 0.459 e. The Bertz CT molecular complexity index is 800. The fourth-order valence-electron chi connectivity index (χ4n) is 3.00. The van der Waals surface area contributed by atoms with Gasteiger partial charge in [-0.1, -0.05) is 18.2 Å². The monoisotopic (exact) mass is 356 g/mol. The third-order valence-electron chi connectivity index (χ3n) is 4.19. The summed E-state index contributed by atoms with van der Waals surface area (Å²) >= 11 is 0. The normalized spacial score (nSPS) is 15.4. The molecule has 7 nitrogen and oxygen atoms in total. The smallest absolute Gasteiger partial charge is 0.308 e. The molecule has 0 radical (unpaired) electrons. The highest BCUT2D eigenvalue weighted by Crippen LogP contribution is 2.31. The lowest BCUT2D eigenvalue weighted by Crippen LogP contribution is -2.39. The molecule has 0 unspecified atom stereocenters. The number of fused-ring (bicyclic) bond motifs is 1. The molecule has 0 aliphatic carbocycles. The minimum absolute atomic E-state index is 0.0220. The van der Waals surface area contributed by atoms with Gasteiger partial charge < -0.3 is 19.4 Å². The van der Waals surface area contributed by atoms with Gasteiger partial charge in [-0.2, -0.15) is 0 Å². The van der Waals surface area contributed by atoms with Crippen molar-refractivity contribution in [1.29, 1.82) is 0 Å². The molecule has 136 valence electrons. The number of anilines is 1. The van der Waals surface area contributed by atoms with Crippen molar-refractivity contribution in [3.8, 4) is 0 Å². The zero-order chi connectivity index (χ0) is 18.5. The minimum Gasteiger partial charge on any atom is -0.459 e. The fraction of sp³-hybridized carbons (Fsp3) is 0.316. The van der Waals surface area contributed by atoms with Gasteiger partial charge in [0.05, 0.1) is 12.7 Å². The Morgan fingerprint density at radius 2 is 2.04 bits per heavy atom. The van der Waals surface area contributed by atoms with Crippen LogP contribution in [-0.2, 0) is 20.7 Å². The maximum absolute atomic E-state index is 12.4. The number of benzene rings is 1. The second kappa shape index (κ2) is 7.86. The lowest BCUT2D eigenvalue weighted by atomic mass is 10.1. The number of esters is 1. The summed E-state index contributed by atoms with van der Waals surface area (Å²) in [4.78, 5) is 37.5. The second-order valence-corrected chi connectivity index (χ2v) is 6.09. The molecule has 0 saturated carbocycles. The SMILES string of the molecule is C[C@@H]1Cc2ccccc2N1C(=O)COC(=O)CCNC(=O)c1ccco1. The zero-order valence-electron chi connectivity index (χ0n) is 14.4. The summed E-state index contributed by atoms with van der Waals surface area (Å²) in [5, 5.41) is 2.55. The molecule has 1 atom stereocenters. The highest BCUT2D eigenvalue weighted by atomic mass is 16.5. The summed E-state index contributed by atoms with van der Waals surface area (Å²) in [5.74, 6) is -1.02. The van der Waals surface area contributed by atoms with Gasteiger partial charge in [0, 0.05) is 18.3 Å². The summed E-state index contributed by atoms with van der Waals surface area (Å²) < 4.78 is 10.00. The molecule has 0 spiro atoms. The maximum Gasteiger partial charge on any atom is 0.308 e. The number of para-hydroxylation sites is 1. The Hall–Kier alpha value is -3.09. The molecule has 0 bridgehead atoms. The molecule has 1 aliphatic rings. The van der Waals surface area contributed by atoms with Gasteiger partial charge in [-0.05, 0) is 37.1 Å². The van der Waals surface area contributed by atoms with E-state index in [1.54, 1.807) is 11.0 Å². The first-order valence-corrected chi connectivity index (χ1v) is 8.43. The van der Waals surface area contributed by atoms with Crippen LogP contribution in [0.25, 0.3) is 0 Å². The first-order valence-electron chi connectivity index (χ1n) is 8.43. The number of hydrogen-bond acceptors (Lipinski definition) is 5. The summed E-state index contributed by atoms with van der Waals surface area (Å²) in [6.07, 6.45) is 2.16. The number of nitrogens with zero attached hydrogens (tertiary/aromatic N) is 1. The van der Waals surface area contributed by atoms with Gasteiger partial charge in [0.2, 0.25) is 0 Å². The summed E-state index contributed by atoms with van der Waals surface area (Å²) in [5.41, 5.74) is 1.98. The number of carbonyl (C=O) groups excluding carboxylic acids is 3. The first-order chi connectivity index (χ1) is 12.6. The van der Waals surface area contributed by atoms with Gasteiger partial charge in [-0.3, -0.25) is 14.4 Å². The molecule has 1 N–H and O–H groups in total.